The lowest BCUT2D eigenvalue weighted by atomic mass is 10.2. The molecular formula is C12H14N2O3S. The van der Waals surface area contributed by atoms with Gasteiger partial charge in [-0.05, 0) is 24.3 Å². The molecule has 0 fully saturated rings. The molecule has 1 amide bonds. The van der Waals surface area contributed by atoms with Crippen molar-refractivity contribution in [3.8, 4) is 12.3 Å². The molecule has 0 unspecified atom stereocenters. The van der Waals surface area contributed by atoms with Gasteiger partial charge in [0.15, 0.2) is 0 Å². The van der Waals surface area contributed by atoms with Crippen molar-refractivity contribution >= 4 is 15.9 Å². The van der Waals surface area contributed by atoms with Crippen LogP contribution in [-0.4, -0.2) is 27.4 Å². The molecule has 0 radical (unpaired) electrons. The lowest BCUT2D eigenvalue weighted by molar-refractivity contribution is 0.0958. The number of nitrogens with one attached hydrogen (secondary N) is 2. The molecule has 5 nitrogen and oxygen atoms in total. The lowest BCUT2D eigenvalue weighted by Gasteiger charge is -2.05. The highest BCUT2D eigenvalue weighted by atomic mass is 32.2. The van der Waals surface area contributed by atoms with E-state index in [2.05, 4.69) is 16.0 Å². The Bertz CT molecular complexity index is 556. The fourth-order valence-electron chi connectivity index (χ4n) is 1.29. The van der Waals surface area contributed by atoms with Crippen LogP contribution >= 0.6 is 0 Å². The Hall–Kier alpha value is -1.84. The van der Waals surface area contributed by atoms with Crippen molar-refractivity contribution in [2.45, 2.75) is 11.8 Å². The average molecular weight is 266 g/mol. The van der Waals surface area contributed by atoms with Crippen molar-refractivity contribution in [3.63, 3.8) is 0 Å². The molecule has 96 valence electrons. The lowest BCUT2D eigenvalue weighted by Crippen LogP contribution is -2.24. The summed E-state index contributed by atoms with van der Waals surface area (Å²) in [4.78, 5) is 11.6. The molecule has 0 aliphatic rings. The second-order valence-corrected chi connectivity index (χ2v) is 5.18. The van der Waals surface area contributed by atoms with Crippen LogP contribution in [0.4, 0.5) is 0 Å². The van der Waals surface area contributed by atoms with E-state index in [0.717, 1.165) is 0 Å². The maximum atomic E-state index is 11.6. The van der Waals surface area contributed by atoms with E-state index in [9.17, 15) is 13.2 Å². The van der Waals surface area contributed by atoms with Gasteiger partial charge in [-0.1, -0.05) is 12.8 Å². The van der Waals surface area contributed by atoms with E-state index in [1.807, 2.05) is 0 Å². The number of carbonyl (C=O) groups is 1. The molecular weight excluding hydrogens is 252 g/mol. The number of benzene rings is 1. The van der Waals surface area contributed by atoms with E-state index in [-0.39, 0.29) is 17.3 Å². The minimum Gasteiger partial charge on any atom is -0.341 e. The van der Waals surface area contributed by atoms with Gasteiger partial charge in [-0.2, -0.15) is 0 Å². The summed E-state index contributed by atoms with van der Waals surface area (Å²) in [5, 5.41) is 2.49. The zero-order valence-corrected chi connectivity index (χ0v) is 10.8. The summed E-state index contributed by atoms with van der Waals surface area (Å²) in [6.07, 6.45) is 5.02. The molecule has 0 bridgehead atoms. The Labute approximate surface area is 107 Å². The highest BCUT2D eigenvalue weighted by molar-refractivity contribution is 7.89. The van der Waals surface area contributed by atoms with E-state index >= 15 is 0 Å². The van der Waals surface area contributed by atoms with E-state index in [0.29, 0.717) is 12.1 Å². The van der Waals surface area contributed by atoms with Crippen molar-refractivity contribution in [1.82, 2.24) is 10.0 Å². The maximum absolute atomic E-state index is 11.6. The van der Waals surface area contributed by atoms with E-state index in [1.165, 1.54) is 24.3 Å². The summed E-state index contributed by atoms with van der Waals surface area (Å²) in [7, 11) is -3.48. The summed E-state index contributed by atoms with van der Waals surface area (Å²) in [5.74, 6) is 1.95. The molecule has 2 N–H and O–H groups in total. The minimum absolute atomic E-state index is 0.123. The van der Waals surface area contributed by atoms with Crippen LogP contribution in [-0.2, 0) is 10.0 Å². The van der Waals surface area contributed by atoms with Crippen molar-refractivity contribution in [3.05, 3.63) is 29.8 Å². The fraction of sp³-hybridized carbons (Fsp3) is 0.250. The highest BCUT2D eigenvalue weighted by Crippen LogP contribution is 2.10. The molecule has 0 aliphatic heterocycles. The molecule has 0 aliphatic carbocycles. The van der Waals surface area contributed by atoms with Crippen LogP contribution in [0.3, 0.4) is 0 Å². The third kappa shape index (κ3) is 3.58. The largest absolute Gasteiger partial charge is 0.341 e. The zero-order valence-electron chi connectivity index (χ0n) is 9.93. The van der Waals surface area contributed by atoms with Gasteiger partial charge in [0.05, 0.1) is 11.4 Å². The first-order valence-corrected chi connectivity index (χ1v) is 6.81. The summed E-state index contributed by atoms with van der Waals surface area (Å²) < 4.78 is 25.7. The molecule has 18 heavy (non-hydrogen) atoms. The smallest absolute Gasteiger partial charge is 0.252 e. The molecule has 0 aromatic heterocycles. The van der Waals surface area contributed by atoms with Crippen molar-refractivity contribution in [2.75, 3.05) is 13.1 Å². The van der Waals surface area contributed by atoms with Crippen molar-refractivity contribution in [2.24, 2.45) is 0 Å². The van der Waals surface area contributed by atoms with Crippen molar-refractivity contribution < 1.29 is 13.2 Å². The van der Waals surface area contributed by atoms with Crippen LogP contribution in [0.1, 0.15) is 17.3 Å². The van der Waals surface area contributed by atoms with Gasteiger partial charge in [0.2, 0.25) is 10.0 Å². The first-order valence-electron chi connectivity index (χ1n) is 5.32. The van der Waals surface area contributed by atoms with Gasteiger partial charge in [-0.3, -0.25) is 4.79 Å². The second-order valence-electron chi connectivity index (χ2n) is 3.41. The van der Waals surface area contributed by atoms with Crippen LogP contribution in [0.2, 0.25) is 0 Å². The number of hydrogen-bond acceptors (Lipinski definition) is 3. The first-order chi connectivity index (χ1) is 8.51. The Morgan fingerprint density at radius 2 is 1.94 bits per heavy atom. The number of carbonyl (C=O) groups excluding carboxylic acids is 1. The van der Waals surface area contributed by atoms with Gasteiger partial charge in [-0.25, -0.2) is 13.1 Å². The zero-order chi connectivity index (χ0) is 13.6. The summed E-state index contributed by atoms with van der Waals surface area (Å²) in [6, 6.07) is 5.64. The van der Waals surface area contributed by atoms with Gasteiger partial charge >= 0.3 is 0 Å². The quantitative estimate of drug-likeness (QED) is 0.755. The van der Waals surface area contributed by atoms with Crippen LogP contribution in [0.5, 0.6) is 0 Å². The Balaban J connectivity index is 2.87. The molecule has 0 saturated heterocycles. The fourth-order valence-corrected chi connectivity index (χ4v) is 2.33. The molecule has 0 saturated carbocycles. The van der Waals surface area contributed by atoms with E-state index < -0.39 is 10.0 Å². The van der Waals surface area contributed by atoms with Crippen LogP contribution in [0.25, 0.3) is 0 Å². The molecule has 0 heterocycles. The molecule has 1 aromatic carbocycles. The molecule has 1 aromatic rings. The van der Waals surface area contributed by atoms with Gasteiger partial charge in [0.25, 0.3) is 5.91 Å². The van der Waals surface area contributed by atoms with Crippen LogP contribution in [0.15, 0.2) is 29.2 Å². The van der Waals surface area contributed by atoms with E-state index in [4.69, 9.17) is 6.42 Å². The Kier molecular flexibility index (Phi) is 4.89. The van der Waals surface area contributed by atoms with Gasteiger partial charge in [0, 0.05) is 12.1 Å². The topological polar surface area (TPSA) is 75.3 Å². The normalized spacial score (nSPS) is 10.7. The highest BCUT2D eigenvalue weighted by Gasteiger charge is 2.13. The molecule has 1 rings (SSSR count). The summed E-state index contributed by atoms with van der Waals surface area (Å²) >= 11 is 0. The molecule has 6 heteroatoms. The number of hydrogen-bond donors (Lipinski definition) is 2. The number of amides is 1. The van der Waals surface area contributed by atoms with Crippen LogP contribution in [0, 0.1) is 12.3 Å². The average Bonchev–Trinajstić information content (AvgIpc) is 2.36. The number of rotatable bonds is 5. The monoisotopic (exact) mass is 266 g/mol. The summed E-state index contributed by atoms with van der Waals surface area (Å²) in [5.41, 5.74) is 0.362. The number of terminal acetylenes is 1. The second kappa shape index (κ2) is 6.19. The standard InChI is InChI=1S/C12H14N2O3S/c1-3-9-13-12(15)10-5-7-11(8-6-10)18(16,17)14-4-2/h1,5-8,14H,4,9H2,2H3,(H,13,15). The van der Waals surface area contributed by atoms with Crippen molar-refractivity contribution in [1.29, 1.82) is 0 Å². The third-order valence-electron chi connectivity index (χ3n) is 2.11. The third-order valence-corrected chi connectivity index (χ3v) is 3.67. The Morgan fingerprint density at radius 3 is 2.44 bits per heavy atom. The SMILES string of the molecule is C#CCNC(=O)c1ccc(S(=O)(=O)NCC)cc1. The molecule has 0 spiro atoms. The number of sulfonamides is 1. The maximum Gasteiger partial charge on any atom is 0.252 e. The van der Waals surface area contributed by atoms with Crippen LogP contribution < -0.4 is 10.0 Å². The molecule has 0 atom stereocenters. The summed E-state index contributed by atoms with van der Waals surface area (Å²) in [6.45, 7) is 2.14. The predicted molar refractivity (Wildman–Crippen MR) is 68.5 cm³/mol. The predicted octanol–water partition coefficient (Wildman–Crippen LogP) is 0.348. The van der Waals surface area contributed by atoms with Gasteiger partial charge < -0.3 is 5.32 Å². The van der Waals surface area contributed by atoms with E-state index in [1.54, 1.807) is 6.92 Å². The Morgan fingerprint density at radius 1 is 1.33 bits per heavy atom. The van der Waals surface area contributed by atoms with Gasteiger partial charge in [-0.15, -0.1) is 6.42 Å². The first kappa shape index (κ1) is 14.2. The minimum atomic E-state index is -3.48. The van der Waals surface area contributed by atoms with Gasteiger partial charge in [0.1, 0.15) is 0 Å².